The molecule has 0 amide bonds. The number of methoxy groups -OCH3 is 3. The van der Waals surface area contributed by atoms with Crippen molar-refractivity contribution in [2.45, 2.75) is 12.5 Å². The monoisotopic (exact) mass is 280 g/mol. The Morgan fingerprint density at radius 2 is 1.75 bits per heavy atom. The van der Waals surface area contributed by atoms with Crippen molar-refractivity contribution in [1.82, 2.24) is 5.32 Å². The molecular formula is C14H20N2O4. The molecule has 0 saturated carbocycles. The lowest BCUT2D eigenvalue weighted by Gasteiger charge is -2.15. The molecule has 1 aromatic carbocycles. The second-order valence-electron chi connectivity index (χ2n) is 3.97. The lowest BCUT2D eigenvalue weighted by atomic mass is 10.2. The van der Waals surface area contributed by atoms with Crippen molar-refractivity contribution in [3.05, 3.63) is 12.1 Å². The predicted molar refractivity (Wildman–Crippen MR) is 74.7 cm³/mol. The minimum atomic E-state index is -0.225. The SMILES string of the molecule is CNC(C#N)CCOc1cc(OC)c(OC)c(OC)c1. The molecule has 0 aliphatic carbocycles. The van der Waals surface area contributed by atoms with Gasteiger partial charge in [0.1, 0.15) is 5.75 Å². The first-order valence-corrected chi connectivity index (χ1v) is 6.19. The van der Waals surface area contributed by atoms with Crippen LogP contribution in [0.5, 0.6) is 23.0 Å². The van der Waals surface area contributed by atoms with Crippen LogP contribution < -0.4 is 24.3 Å². The fourth-order valence-corrected chi connectivity index (χ4v) is 1.71. The Kier molecular flexibility index (Phi) is 6.47. The Balaban J connectivity index is 2.78. The van der Waals surface area contributed by atoms with Crippen molar-refractivity contribution in [3.8, 4) is 29.1 Å². The van der Waals surface area contributed by atoms with Gasteiger partial charge in [-0.15, -0.1) is 0 Å². The maximum atomic E-state index is 8.83. The fraction of sp³-hybridized carbons (Fsp3) is 0.500. The molecule has 0 spiro atoms. The molecule has 1 rings (SSSR count). The van der Waals surface area contributed by atoms with Gasteiger partial charge in [0, 0.05) is 18.6 Å². The zero-order chi connectivity index (χ0) is 15.0. The molecule has 0 fully saturated rings. The summed E-state index contributed by atoms with van der Waals surface area (Å²) in [5, 5.41) is 11.7. The van der Waals surface area contributed by atoms with Crippen molar-refractivity contribution in [2.24, 2.45) is 0 Å². The maximum absolute atomic E-state index is 8.83. The van der Waals surface area contributed by atoms with Crippen molar-refractivity contribution < 1.29 is 18.9 Å². The average Bonchev–Trinajstić information content (AvgIpc) is 2.50. The van der Waals surface area contributed by atoms with Crippen LogP contribution in [-0.4, -0.2) is 41.0 Å². The van der Waals surface area contributed by atoms with Crippen LogP contribution >= 0.6 is 0 Å². The van der Waals surface area contributed by atoms with E-state index in [1.807, 2.05) is 0 Å². The normalized spacial score (nSPS) is 11.3. The van der Waals surface area contributed by atoms with Crippen LogP contribution in [0.4, 0.5) is 0 Å². The summed E-state index contributed by atoms with van der Waals surface area (Å²) in [6.07, 6.45) is 0.587. The van der Waals surface area contributed by atoms with Gasteiger partial charge in [0.05, 0.1) is 40.0 Å². The van der Waals surface area contributed by atoms with Gasteiger partial charge in [0.15, 0.2) is 11.5 Å². The molecule has 6 heteroatoms. The van der Waals surface area contributed by atoms with Crippen LogP contribution in [-0.2, 0) is 0 Å². The van der Waals surface area contributed by atoms with Gasteiger partial charge >= 0.3 is 0 Å². The van der Waals surface area contributed by atoms with Crippen LogP contribution in [0.1, 0.15) is 6.42 Å². The molecule has 1 unspecified atom stereocenters. The molecule has 0 heterocycles. The largest absolute Gasteiger partial charge is 0.493 e. The highest BCUT2D eigenvalue weighted by Crippen LogP contribution is 2.40. The molecule has 6 nitrogen and oxygen atoms in total. The summed E-state index contributed by atoms with van der Waals surface area (Å²) in [5.41, 5.74) is 0. The Hall–Kier alpha value is -2.13. The van der Waals surface area contributed by atoms with E-state index in [9.17, 15) is 0 Å². The molecule has 0 bridgehead atoms. The smallest absolute Gasteiger partial charge is 0.203 e. The minimum absolute atomic E-state index is 0.225. The van der Waals surface area contributed by atoms with E-state index in [4.69, 9.17) is 24.2 Å². The van der Waals surface area contributed by atoms with Gasteiger partial charge in [-0.3, -0.25) is 0 Å². The molecule has 1 aromatic rings. The second kappa shape index (κ2) is 8.12. The maximum Gasteiger partial charge on any atom is 0.203 e. The molecule has 0 aliphatic rings. The number of nitrogens with one attached hydrogen (secondary N) is 1. The van der Waals surface area contributed by atoms with E-state index < -0.39 is 0 Å². The number of hydrogen-bond donors (Lipinski definition) is 1. The van der Waals surface area contributed by atoms with E-state index in [2.05, 4.69) is 11.4 Å². The fourth-order valence-electron chi connectivity index (χ4n) is 1.71. The number of nitrogens with zero attached hydrogens (tertiary/aromatic N) is 1. The average molecular weight is 280 g/mol. The molecule has 0 saturated heterocycles. The minimum Gasteiger partial charge on any atom is -0.493 e. The number of rotatable bonds is 8. The number of ether oxygens (including phenoxy) is 4. The van der Waals surface area contributed by atoms with Crippen molar-refractivity contribution in [3.63, 3.8) is 0 Å². The zero-order valence-electron chi connectivity index (χ0n) is 12.2. The van der Waals surface area contributed by atoms with E-state index in [1.165, 1.54) is 0 Å². The highest BCUT2D eigenvalue weighted by Gasteiger charge is 2.14. The Morgan fingerprint density at radius 3 is 2.15 bits per heavy atom. The molecule has 1 atom stereocenters. The summed E-state index contributed by atoms with van der Waals surface area (Å²) in [5.74, 6) is 2.19. The summed E-state index contributed by atoms with van der Waals surface area (Å²) in [6.45, 7) is 0.414. The summed E-state index contributed by atoms with van der Waals surface area (Å²) in [4.78, 5) is 0. The Labute approximate surface area is 119 Å². The van der Waals surface area contributed by atoms with Gasteiger partial charge in [-0.25, -0.2) is 0 Å². The Bertz CT molecular complexity index is 446. The molecule has 1 N–H and O–H groups in total. The highest BCUT2D eigenvalue weighted by molar-refractivity contribution is 5.55. The molecular weight excluding hydrogens is 260 g/mol. The van der Waals surface area contributed by atoms with Gasteiger partial charge in [0.25, 0.3) is 0 Å². The lowest BCUT2D eigenvalue weighted by Crippen LogP contribution is -2.25. The van der Waals surface area contributed by atoms with Gasteiger partial charge in [-0.1, -0.05) is 0 Å². The number of hydrogen-bond acceptors (Lipinski definition) is 6. The van der Waals surface area contributed by atoms with E-state index in [-0.39, 0.29) is 6.04 Å². The molecule has 0 radical (unpaired) electrons. The van der Waals surface area contributed by atoms with Crippen LogP contribution in [0, 0.1) is 11.3 Å². The molecule has 0 aliphatic heterocycles. The van der Waals surface area contributed by atoms with Crippen molar-refractivity contribution >= 4 is 0 Å². The van der Waals surface area contributed by atoms with E-state index >= 15 is 0 Å². The van der Waals surface area contributed by atoms with Gasteiger partial charge in [-0.05, 0) is 7.05 Å². The molecule has 0 aromatic heterocycles. The summed E-state index contributed by atoms with van der Waals surface area (Å²) >= 11 is 0. The zero-order valence-corrected chi connectivity index (χ0v) is 12.2. The lowest BCUT2D eigenvalue weighted by molar-refractivity contribution is 0.288. The van der Waals surface area contributed by atoms with E-state index in [1.54, 1.807) is 40.5 Å². The van der Waals surface area contributed by atoms with Crippen LogP contribution in [0.15, 0.2) is 12.1 Å². The predicted octanol–water partition coefficient (Wildman–Crippen LogP) is 1.59. The third-order valence-electron chi connectivity index (χ3n) is 2.82. The summed E-state index contributed by atoms with van der Waals surface area (Å²) < 4.78 is 21.3. The third-order valence-corrected chi connectivity index (χ3v) is 2.82. The first-order valence-electron chi connectivity index (χ1n) is 6.19. The van der Waals surface area contributed by atoms with E-state index in [0.717, 1.165) is 0 Å². The topological polar surface area (TPSA) is 72.7 Å². The van der Waals surface area contributed by atoms with Crippen molar-refractivity contribution in [2.75, 3.05) is 35.0 Å². The third kappa shape index (κ3) is 3.93. The molecule has 20 heavy (non-hydrogen) atoms. The first-order chi connectivity index (χ1) is 9.69. The van der Waals surface area contributed by atoms with Crippen molar-refractivity contribution in [1.29, 1.82) is 5.26 Å². The summed E-state index contributed by atoms with van der Waals surface area (Å²) in [7, 11) is 6.39. The van der Waals surface area contributed by atoms with Gasteiger partial charge in [0.2, 0.25) is 5.75 Å². The quantitative estimate of drug-likeness (QED) is 0.779. The van der Waals surface area contributed by atoms with Gasteiger partial charge in [-0.2, -0.15) is 5.26 Å². The standard InChI is InChI=1S/C14H20N2O4/c1-16-10(9-15)5-6-20-11-7-12(17-2)14(19-4)13(8-11)18-3/h7-8,10,16H,5-6H2,1-4H3. The number of nitriles is 1. The van der Waals surface area contributed by atoms with Crippen LogP contribution in [0.25, 0.3) is 0 Å². The Morgan fingerprint density at radius 1 is 1.15 bits per heavy atom. The summed E-state index contributed by atoms with van der Waals surface area (Å²) in [6, 6.07) is 5.36. The van der Waals surface area contributed by atoms with Crippen LogP contribution in [0.3, 0.4) is 0 Å². The van der Waals surface area contributed by atoms with E-state index in [0.29, 0.717) is 36.0 Å². The highest BCUT2D eigenvalue weighted by atomic mass is 16.5. The van der Waals surface area contributed by atoms with Crippen LogP contribution in [0.2, 0.25) is 0 Å². The van der Waals surface area contributed by atoms with Gasteiger partial charge < -0.3 is 24.3 Å². The molecule has 110 valence electrons. The number of benzene rings is 1. The first kappa shape index (κ1) is 15.9. The second-order valence-corrected chi connectivity index (χ2v) is 3.97.